The smallest absolute Gasteiger partial charge is 0.310 e. The average Bonchev–Trinajstić information content (AvgIpc) is 4.59. The maximum atomic E-state index is 11.0. The molecule has 88 heavy (non-hydrogen) atoms. The number of hydrogen-bond acceptors (Lipinski definition) is 35. The molecule has 0 radical (unpaired) electrons. The average molecular weight is 1290 g/mol. The Morgan fingerprint density at radius 2 is 0.648 bits per heavy atom. The number of esters is 5. The summed E-state index contributed by atoms with van der Waals surface area (Å²) in [7, 11) is 6.80. The molecule has 23 atom stereocenters. The molecular formula is C53H90O35. The minimum absolute atomic E-state index is 0.0342. The van der Waals surface area contributed by atoms with Gasteiger partial charge in [-0.3, -0.25) is 24.0 Å². The Morgan fingerprint density at radius 1 is 0.386 bits per heavy atom. The second kappa shape index (κ2) is 40.4. The highest BCUT2D eigenvalue weighted by Crippen LogP contribution is 2.29. The summed E-state index contributed by atoms with van der Waals surface area (Å²) in [4.78, 5) is 54.6. The van der Waals surface area contributed by atoms with Gasteiger partial charge in [0.1, 0.15) is 110 Å². The summed E-state index contributed by atoms with van der Waals surface area (Å²) < 4.78 is 101. The number of methoxy groups -OCH3 is 5. The van der Waals surface area contributed by atoms with Gasteiger partial charge in [0, 0.05) is 7.11 Å². The molecule has 0 aromatic heterocycles. The number of rotatable bonds is 14. The first kappa shape index (κ1) is 76.8. The van der Waals surface area contributed by atoms with Gasteiger partial charge in [0.25, 0.3) is 0 Å². The molecule has 10 fully saturated rings. The molecule has 10 aliphatic heterocycles. The van der Waals surface area contributed by atoms with E-state index in [2.05, 4.69) is 18.9 Å². The minimum Gasteiger partial charge on any atom is -0.469 e. The molecule has 10 saturated heterocycles. The predicted molar refractivity (Wildman–Crippen MR) is 283 cm³/mol. The lowest BCUT2D eigenvalue weighted by Gasteiger charge is -2.31. The predicted octanol–water partition coefficient (Wildman–Crippen LogP) is -6.62. The molecule has 1 unspecified atom stereocenters. The van der Waals surface area contributed by atoms with Crippen LogP contribution in [0, 0.1) is 0 Å². The van der Waals surface area contributed by atoms with Gasteiger partial charge in [-0.05, 0) is 13.8 Å². The van der Waals surface area contributed by atoms with Crippen LogP contribution >= 0.6 is 0 Å². The molecule has 0 aromatic rings. The Hall–Kier alpha value is -3.65. The molecule has 10 aliphatic rings. The van der Waals surface area contributed by atoms with Crippen molar-refractivity contribution < 1.29 is 170 Å². The molecule has 0 saturated carbocycles. The molecule has 0 amide bonds. The van der Waals surface area contributed by atoms with E-state index in [0.29, 0.717) is 39.5 Å². The van der Waals surface area contributed by atoms with E-state index >= 15 is 0 Å². The lowest BCUT2D eigenvalue weighted by Crippen LogP contribution is -2.46. The summed E-state index contributed by atoms with van der Waals surface area (Å²) in [5.41, 5.74) is 0. The van der Waals surface area contributed by atoms with Gasteiger partial charge in [-0.15, -0.1) is 0 Å². The van der Waals surface area contributed by atoms with Gasteiger partial charge in [0.15, 0.2) is 25.2 Å². The van der Waals surface area contributed by atoms with Crippen LogP contribution in [0.2, 0.25) is 0 Å². The highest BCUT2D eigenvalue weighted by molar-refractivity contribution is 5.71. The largest absolute Gasteiger partial charge is 0.469 e. The van der Waals surface area contributed by atoms with Crippen molar-refractivity contribution >= 4 is 29.8 Å². The van der Waals surface area contributed by atoms with Gasteiger partial charge in [-0.1, -0.05) is 0 Å². The zero-order chi connectivity index (χ0) is 65.0. The van der Waals surface area contributed by atoms with Crippen molar-refractivity contribution in [3.63, 3.8) is 0 Å². The van der Waals surface area contributed by atoms with Crippen molar-refractivity contribution in [2.24, 2.45) is 0 Å². The highest BCUT2D eigenvalue weighted by Gasteiger charge is 2.47. The van der Waals surface area contributed by atoms with E-state index in [1.54, 1.807) is 14.0 Å². The third kappa shape index (κ3) is 25.1. The Bertz CT molecular complexity index is 1790. The first-order valence-electron chi connectivity index (χ1n) is 28.4. The zero-order valence-electron chi connectivity index (χ0n) is 50.2. The number of aliphatic hydroxyl groups is 10. The number of hydrogen-bond donors (Lipinski definition) is 10. The van der Waals surface area contributed by atoms with Crippen molar-refractivity contribution in [1.29, 1.82) is 0 Å². The Balaban J connectivity index is 0.000000222. The summed E-state index contributed by atoms with van der Waals surface area (Å²) in [5.74, 6) is -1.78. The van der Waals surface area contributed by atoms with Gasteiger partial charge in [0.2, 0.25) is 0 Å². The fourth-order valence-corrected chi connectivity index (χ4v) is 9.09. The molecule has 512 valence electrons. The molecule has 0 spiro atoms. The van der Waals surface area contributed by atoms with E-state index < -0.39 is 134 Å². The van der Waals surface area contributed by atoms with Crippen molar-refractivity contribution in [3.8, 4) is 0 Å². The Kier molecular flexibility index (Phi) is 35.2. The van der Waals surface area contributed by atoms with Crippen molar-refractivity contribution in [3.05, 3.63) is 0 Å². The number of ether oxygens (including phenoxy) is 20. The Morgan fingerprint density at radius 3 is 0.841 bits per heavy atom. The van der Waals surface area contributed by atoms with Crippen LogP contribution in [0.5, 0.6) is 0 Å². The van der Waals surface area contributed by atoms with E-state index in [1.807, 2.05) is 6.92 Å². The number of fused-ring (bicyclic) bond motifs is 4. The number of aliphatic hydroxyl groups excluding tert-OH is 10. The number of carbonyl (C=O) groups is 5. The Labute approximate surface area is 507 Å². The summed E-state index contributed by atoms with van der Waals surface area (Å²) in [6.45, 7) is 6.18. The molecule has 0 aromatic carbocycles. The molecule has 35 nitrogen and oxygen atoms in total. The van der Waals surface area contributed by atoms with Crippen LogP contribution in [0.4, 0.5) is 0 Å². The first-order valence-corrected chi connectivity index (χ1v) is 28.4. The lowest BCUT2D eigenvalue weighted by molar-refractivity contribution is -0.250. The highest BCUT2D eigenvalue weighted by atomic mass is 16.8. The third-order valence-electron chi connectivity index (χ3n) is 14.2. The van der Waals surface area contributed by atoms with Crippen LogP contribution in [0.1, 0.15) is 46.0 Å². The molecule has 10 heterocycles. The molecule has 10 rings (SSSR count). The molecule has 35 heteroatoms. The molecule has 10 N–H and O–H groups in total. The van der Waals surface area contributed by atoms with Crippen LogP contribution in [-0.4, -0.2) is 343 Å². The van der Waals surface area contributed by atoms with Crippen LogP contribution in [0.25, 0.3) is 0 Å². The monoisotopic (exact) mass is 1290 g/mol. The first-order chi connectivity index (χ1) is 42.0. The van der Waals surface area contributed by atoms with Gasteiger partial charge in [-0.2, -0.15) is 0 Å². The fraction of sp³-hybridized carbons (Fsp3) is 0.906. The van der Waals surface area contributed by atoms with Crippen molar-refractivity contribution in [2.75, 3.05) is 121 Å². The molecule has 0 aliphatic carbocycles. The lowest BCUT2D eigenvalue weighted by atomic mass is 10.1. The van der Waals surface area contributed by atoms with E-state index in [0.717, 1.165) is 0 Å². The second-order valence-corrected chi connectivity index (χ2v) is 20.6. The van der Waals surface area contributed by atoms with E-state index in [-0.39, 0.29) is 115 Å². The van der Waals surface area contributed by atoms with Gasteiger partial charge in [-0.25, -0.2) is 0 Å². The van der Waals surface area contributed by atoms with E-state index in [4.69, 9.17) is 106 Å². The van der Waals surface area contributed by atoms with Crippen LogP contribution in [0.3, 0.4) is 0 Å². The van der Waals surface area contributed by atoms with Gasteiger partial charge < -0.3 is 146 Å². The SMILES string of the molecule is CCOC(=O)CC(C)OC.COC(=O)C[C@@H]1OC[C@@H]2OC[C@@H](O)[C@@H]2O1.COC(=O)C[C@@H]1OC[C@H]2OC[C@H](O)[C@H]2O1.COC(=O)C[C@H]1OC[C@@H]2OC[C@@H](O)[C@@H]2O1.COC(=O)C[C@H]1OC[C@H]2OC[C@H](O)[C@H]2O1.OC[C@@H]1OC[C@@H](O)[C@@H]1O.OC[C@H]1OC[C@H](O)[C@H]1O. The third-order valence-corrected chi connectivity index (χ3v) is 14.2. The topological polar surface area (TPSA) is 472 Å². The van der Waals surface area contributed by atoms with E-state index in [9.17, 15) is 44.4 Å². The number of carbonyl (C=O) groups excluding carboxylic acids is 5. The zero-order valence-corrected chi connectivity index (χ0v) is 50.2. The second-order valence-electron chi connectivity index (χ2n) is 20.6. The molecular weight excluding hydrogens is 1200 g/mol. The standard InChI is InChI=1S/4C9H14O6.C7H14O3.2C5H10O4/c4*1-12-7(11)2-8-14-4-6-9(15-8)5(10)3-13-6;1-4-10-7(8)5-6(2)9-3;2*6-1-4-5(8)3(7)2-9-4/h4*5-6,8-10H,2-4H2,1H3;6H,4-5H2,1-3H3;2*3-8H,1-2H2/t2*5-,6+,8+,9+;2*5-,6+,8-,9+;;2*3-,4+,5+/m1010.10/s1. The van der Waals surface area contributed by atoms with Crippen molar-refractivity contribution in [2.45, 2.75) is 187 Å². The van der Waals surface area contributed by atoms with Crippen molar-refractivity contribution in [1.82, 2.24) is 0 Å². The van der Waals surface area contributed by atoms with Crippen LogP contribution in [0.15, 0.2) is 0 Å². The summed E-state index contributed by atoms with van der Waals surface area (Å²) in [6, 6.07) is 0. The summed E-state index contributed by atoms with van der Waals surface area (Å²) in [5, 5.41) is 90.4. The maximum absolute atomic E-state index is 11.0. The summed E-state index contributed by atoms with van der Waals surface area (Å²) >= 11 is 0. The maximum Gasteiger partial charge on any atom is 0.310 e. The minimum atomic E-state index is -0.921. The van der Waals surface area contributed by atoms with E-state index in [1.165, 1.54) is 28.4 Å². The van der Waals surface area contributed by atoms with Gasteiger partial charge in [0.05, 0.1) is 153 Å². The normalized spacial score (nSPS) is 37.6. The van der Waals surface area contributed by atoms with Crippen LogP contribution in [-0.2, 0) is 119 Å². The molecule has 0 bridgehead atoms. The summed E-state index contributed by atoms with van der Waals surface area (Å²) in [6.07, 6.45) is -11.9. The van der Waals surface area contributed by atoms with Gasteiger partial charge >= 0.3 is 29.8 Å². The van der Waals surface area contributed by atoms with Crippen LogP contribution < -0.4 is 0 Å². The fourth-order valence-electron chi connectivity index (χ4n) is 9.09. The quantitative estimate of drug-likeness (QED) is 0.0571.